The highest BCUT2D eigenvalue weighted by Crippen LogP contribution is 2.40. The third-order valence-electron chi connectivity index (χ3n) is 4.69. The summed E-state index contributed by atoms with van der Waals surface area (Å²) in [5, 5.41) is 11.9. The minimum absolute atomic E-state index is 0. The third kappa shape index (κ3) is 4.13. The van der Waals surface area contributed by atoms with Gasteiger partial charge in [-0.2, -0.15) is 4.98 Å². The highest BCUT2D eigenvalue weighted by Gasteiger charge is 2.21. The van der Waals surface area contributed by atoms with E-state index in [1.165, 1.54) is 0 Å². The van der Waals surface area contributed by atoms with Crippen LogP contribution in [0, 0.1) is 0 Å². The Bertz CT molecular complexity index is 928. The van der Waals surface area contributed by atoms with Crippen LogP contribution in [0.2, 0.25) is 0 Å². The van der Waals surface area contributed by atoms with Crippen molar-refractivity contribution in [1.29, 1.82) is 0 Å². The van der Waals surface area contributed by atoms with Crippen molar-refractivity contribution in [3.8, 4) is 40.4 Å². The zero-order valence-corrected chi connectivity index (χ0v) is 17.2. The van der Waals surface area contributed by atoms with Gasteiger partial charge < -0.3 is 24.1 Å². The molecule has 2 aromatic heterocycles. The molecule has 0 radical (unpaired) electrons. The first-order valence-electron chi connectivity index (χ1n) is 8.99. The first kappa shape index (κ1) is 20.9. The van der Waals surface area contributed by atoms with Crippen molar-refractivity contribution >= 4 is 12.4 Å². The first-order chi connectivity index (χ1) is 13.7. The summed E-state index contributed by atoms with van der Waals surface area (Å²) in [4.78, 5) is 8.75. The van der Waals surface area contributed by atoms with Crippen molar-refractivity contribution in [2.45, 2.75) is 18.9 Å². The lowest BCUT2D eigenvalue weighted by Gasteiger charge is -2.22. The fourth-order valence-corrected chi connectivity index (χ4v) is 3.25. The van der Waals surface area contributed by atoms with E-state index >= 15 is 0 Å². The van der Waals surface area contributed by atoms with Crippen LogP contribution in [0.1, 0.15) is 18.9 Å². The van der Waals surface area contributed by atoms with E-state index in [1.807, 2.05) is 4.68 Å². The second-order valence-corrected chi connectivity index (χ2v) is 6.39. The van der Waals surface area contributed by atoms with Gasteiger partial charge in [-0.15, -0.1) is 17.5 Å². The zero-order valence-electron chi connectivity index (χ0n) is 16.4. The Morgan fingerprint density at radius 3 is 2.48 bits per heavy atom. The molecule has 0 bridgehead atoms. The molecule has 29 heavy (non-hydrogen) atoms. The smallest absolute Gasteiger partial charge is 0.297 e. The highest BCUT2D eigenvalue weighted by molar-refractivity contribution is 5.85. The molecule has 1 aromatic carbocycles. The molecule has 0 aliphatic carbocycles. The number of nitrogens with one attached hydrogen (secondary N) is 1. The van der Waals surface area contributed by atoms with Crippen LogP contribution in [-0.2, 0) is 0 Å². The van der Waals surface area contributed by atoms with Crippen LogP contribution in [0.25, 0.3) is 23.1 Å². The van der Waals surface area contributed by atoms with Gasteiger partial charge in [0.15, 0.2) is 11.5 Å². The van der Waals surface area contributed by atoms with Crippen LogP contribution in [0.4, 0.5) is 0 Å². The minimum atomic E-state index is 0. The molecular formula is C18H23ClN6O4. The van der Waals surface area contributed by atoms with Crippen LogP contribution in [0.15, 0.2) is 23.0 Å². The van der Waals surface area contributed by atoms with Gasteiger partial charge >= 0.3 is 0 Å². The van der Waals surface area contributed by atoms with E-state index in [4.69, 9.17) is 18.7 Å². The highest BCUT2D eigenvalue weighted by atomic mass is 35.5. The molecule has 11 heteroatoms. The monoisotopic (exact) mass is 422 g/mol. The van der Waals surface area contributed by atoms with Gasteiger partial charge in [-0.25, -0.2) is 9.67 Å². The summed E-state index contributed by atoms with van der Waals surface area (Å²) < 4.78 is 23.3. The second-order valence-electron chi connectivity index (χ2n) is 6.39. The number of methoxy groups -OCH3 is 3. The Labute approximate surface area is 174 Å². The summed E-state index contributed by atoms with van der Waals surface area (Å²) in [6.45, 7) is 1.92. The molecule has 4 rings (SSSR count). The molecule has 156 valence electrons. The van der Waals surface area contributed by atoms with Crippen LogP contribution >= 0.6 is 12.4 Å². The van der Waals surface area contributed by atoms with Crippen molar-refractivity contribution in [3.05, 3.63) is 18.5 Å². The number of hydrogen-bond acceptors (Lipinski definition) is 9. The number of piperidine rings is 1. The maximum atomic E-state index is 5.38. The Morgan fingerprint density at radius 2 is 1.86 bits per heavy atom. The van der Waals surface area contributed by atoms with E-state index in [1.54, 1.807) is 39.8 Å². The normalized spacial score (nSPS) is 16.2. The van der Waals surface area contributed by atoms with Crippen LogP contribution < -0.4 is 19.5 Å². The summed E-state index contributed by atoms with van der Waals surface area (Å²) in [5.74, 6) is 2.55. The molecule has 3 heterocycles. The number of benzene rings is 1. The number of rotatable bonds is 6. The van der Waals surface area contributed by atoms with Gasteiger partial charge in [0.2, 0.25) is 17.4 Å². The zero-order chi connectivity index (χ0) is 19.5. The van der Waals surface area contributed by atoms with Crippen molar-refractivity contribution < 1.29 is 18.7 Å². The molecule has 10 nitrogen and oxygen atoms in total. The summed E-state index contributed by atoms with van der Waals surface area (Å²) in [5.41, 5.74) is 0.667. The van der Waals surface area contributed by atoms with Gasteiger partial charge in [-0.1, -0.05) is 5.16 Å². The molecular weight excluding hydrogens is 400 g/mol. The fourth-order valence-electron chi connectivity index (χ4n) is 3.25. The standard InChI is InChI=1S/C18H22N6O4.ClH/c1-25-13-7-11(8-14(26-2)15(13)27-3)16-21-18(28-23-16)17-20-10-24(22-17)12-5-4-6-19-9-12;/h7-8,10,12,19H,4-6,9H2,1-3H3;1H. The summed E-state index contributed by atoms with van der Waals surface area (Å²) in [7, 11) is 4.66. The van der Waals surface area contributed by atoms with Crippen molar-refractivity contribution in [3.63, 3.8) is 0 Å². The van der Waals surface area contributed by atoms with Crippen molar-refractivity contribution in [2.75, 3.05) is 34.4 Å². The second kappa shape index (κ2) is 9.10. The maximum absolute atomic E-state index is 5.38. The van der Waals surface area contributed by atoms with Gasteiger partial charge in [-0.3, -0.25) is 0 Å². The molecule has 0 amide bonds. The number of nitrogens with zero attached hydrogens (tertiary/aromatic N) is 5. The van der Waals surface area contributed by atoms with Crippen molar-refractivity contribution in [1.82, 2.24) is 30.2 Å². The lowest BCUT2D eigenvalue weighted by molar-refractivity contribution is 0.324. The molecule has 0 saturated carbocycles. The number of halogens is 1. The molecule has 1 aliphatic rings. The molecule has 3 aromatic rings. The van der Waals surface area contributed by atoms with Gasteiger partial charge in [-0.05, 0) is 31.5 Å². The van der Waals surface area contributed by atoms with Gasteiger partial charge in [0, 0.05) is 12.1 Å². The predicted octanol–water partition coefficient (Wildman–Crippen LogP) is 2.37. The molecule has 0 spiro atoms. The Balaban J connectivity index is 0.00000240. The lowest BCUT2D eigenvalue weighted by Crippen LogP contribution is -2.31. The number of ether oxygens (including phenoxy) is 3. The van der Waals surface area contributed by atoms with E-state index in [0.717, 1.165) is 25.9 Å². The maximum Gasteiger partial charge on any atom is 0.297 e. The van der Waals surface area contributed by atoms with Crippen molar-refractivity contribution in [2.24, 2.45) is 0 Å². The van der Waals surface area contributed by atoms with E-state index in [9.17, 15) is 0 Å². The van der Waals surface area contributed by atoms with Gasteiger partial charge in [0.05, 0.1) is 27.4 Å². The fraction of sp³-hybridized carbons (Fsp3) is 0.444. The molecule has 1 N–H and O–H groups in total. The molecule has 1 atom stereocenters. The average Bonchev–Trinajstić information content (AvgIpc) is 3.43. The Morgan fingerprint density at radius 1 is 1.10 bits per heavy atom. The van der Waals surface area contributed by atoms with Crippen LogP contribution in [0.3, 0.4) is 0 Å². The molecule has 1 fully saturated rings. The van der Waals surface area contributed by atoms with Gasteiger partial charge in [0.1, 0.15) is 6.33 Å². The molecule has 1 unspecified atom stereocenters. The summed E-state index contributed by atoms with van der Waals surface area (Å²) in [6, 6.07) is 3.80. The number of hydrogen-bond donors (Lipinski definition) is 1. The molecule has 1 saturated heterocycles. The molecule has 1 aliphatic heterocycles. The first-order valence-corrected chi connectivity index (χ1v) is 8.99. The quantitative estimate of drug-likeness (QED) is 0.640. The van der Waals surface area contributed by atoms with E-state index in [-0.39, 0.29) is 24.3 Å². The van der Waals surface area contributed by atoms with Crippen LogP contribution in [-0.4, -0.2) is 59.3 Å². The Hall–Kier alpha value is -2.85. The minimum Gasteiger partial charge on any atom is -0.493 e. The predicted molar refractivity (Wildman–Crippen MR) is 107 cm³/mol. The van der Waals surface area contributed by atoms with E-state index < -0.39 is 0 Å². The lowest BCUT2D eigenvalue weighted by atomic mass is 10.1. The van der Waals surface area contributed by atoms with Gasteiger partial charge in [0.25, 0.3) is 5.89 Å². The largest absolute Gasteiger partial charge is 0.493 e. The summed E-state index contributed by atoms with van der Waals surface area (Å²) in [6.07, 6.45) is 3.89. The van der Waals surface area contributed by atoms with E-state index in [2.05, 4.69) is 25.5 Å². The Kier molecular flexibility index (Phi) is 6.55. The average molecular weight is 423 g/mol. The topological polar surface area (TPSA) is 109 Å². The van der Waals surface area contributed by atoms with Crippen LogP contribution in [0.5, 0.6) is 17.2 Å². The summed E-state index contributed by atoms with van der Waals surface area (Å²) >= 11 is 0. The third-order valence-corrected chi connectivity index (χ3v) is 4.69. The SMILES string of the molecule is COc1cc(-c2noc(-c3ncn(C4CCCNC4)n3)n2)cc(OC)c1OC.Cl. The number of aromatic nitrogens is 5. The van der Waals surface area contributed by atoms with E-state index in [0.29, 0.717) is 34.5 Å².